The molecule has 0 amide bonds. The van der Waals surface area contributed by atoms with Gasteiger partial charge in [-0.05, 0) is 23.8 Å². The van der Waals surface area contributed by atoms with E-state index >= 15 is 0 Å². The molecule has 16 heavy (non-hydrogen) atoms. The molecule has 0 heterocycles. The zero-order chi connectivity index (χ0) is 11.8. The summed E-state index contributed by atoms with van der Waals surface area (Å²) >= 11 is 7.43. The third-order valence-corrected chi connectivity index (χ3v) is 2.94. The highest BCUT2D eigenvalue weighted by Crippen LogP contribution is 2.13. The van der Waals surface area contributed by atoms with Crippen LogP contribution in [0.5, 0.6) is 0 Å². The predicted octanol–water partition coefficient (Wildman–Crippen LogP) is 2.94. The Hall–Kier alpha value is -0.690. The molecule has 1 rings (SSSR count). The molecular weight excluding hydrogens is 245 g/mol. The van der Waals surface area contributed by atoms with E-state index in [1.165, 1.54) is 12.1 Å². The second-order valence-electron chi connectivity index (χ2n) is 3.21. The van der Waals surface area contributed by atoms with Crippen molar-refractivity contribution in [2.45, 2.75) is 6.54 Å². The summed E-state index contributed by atoms with van der Waals surface area (Å²) in [6.45, 7) is 1.47. The van der Waals surface area contributed by atoms with Crippen LogP contribution in [0, 0.1) is 18.2 Å². The van der Waals surface area contributed by atoms with Gasteiger partial charge in [-0.25, -0.2) is 4.39 Å². The molecule has 0 atom stereocenters. The first-order valence-electron chi connectivity index (χ1n) is 4.89. The standard InChI is InChI=1S/C12H13ClFNS/c1-2-4-16-5-3-15-9-10-6-11(13)8-12(14)7-10/h1,6-8,15H,3-5,9H2. The number of nitrogens with one attached hydrogen (secondary N) is 1. The van der Waals surface area contributed by atoms with E-state index in [9.17, 15) is 4.39 Å². The summed E-state index contributed by atoms with van der Waals surface area (Å²) in [6.07, 6.45) is 5.12. The van der Waals surface area contributed by atoms with Crippen molar-refractivity contribution in [2.24, 2.45) is 0 Å². The van der Waals surface area contributed by atoms with E-state index in [4.69, 9.17) is 18.0 Å². The van der Waals surface area contributed by atoms with Gasteiger partial charge in [0.25, 0.3) is 0 Å². The van der Waals surface area contributed by atoms with Gasteiger partial charge in [0, 0.05) is 23.9 Å². The molecule has 0 saturated carbocycles. The topological polar surface area (TPSA) is 12.0 Å². The van der Waals surface area contributed by atoms with E-state index in [2.05, 4.69) is 11.2 Å². The lowest BCUT2D eigenvalue weighted by atomic mass is 10.2. The Bertz CT molecular complexity index is 356. The maximum absolute atomic E-state index is 13.0. The number of halogens is 2. The van der Waals surface area contributed by atoms with Gasteiger partial charge in [-0.2, -0.15) is 0 Å². The van der Waals surface area contributed by atoms with Crippen LogP contribution in [-0.4, -0.2) is 18.1 Å². The maximum atomic E-state index is 13.0. The van der Waals surface area contributed by atoms with Crippen molar-refractivity contribution in [1.29, 1.82) is 0 Å². The zero-order valence-electron chi connectivity index (χ0n) is 8.80. The van der Waals surface area contributed by atoms with Crippen molar-refractivity contribution < 1.29 is 4.39 Å². The Kier molecular flexibility index (Phi) is 6.32. The molecule has 1 aromatic carbocycles. The first-order chi connectivity index (χ1) is 7.72. The minimum atomic E-state index is -0.300. The molecule has 0 aliphatic rings. The van der Waals surface area contributed by atoms with Gasteiger partial charge >= 0.3 is 0 Å². The number of terminal acetylenes is 1. The Labute approximate surface area is 105 Å². The van der Waals surface area contributed by atoms with Crippen LogP contribution in [0.2, 0.25) is 5.02 Å². The molecule has 1 nitrogen and oxygen atoms in total. The average Bonchev–Trinajstić information content (AvgIpc) is 2.22. The summed E-state index contributed by atoms with van der Waals surface area (Å²) in [5.74, 6) is 3.94. The van der Waals surface area contributed by atoms with Crippen LogP contribution in [0.15, 0.2) is 18.2 Å². The van der Waals surface area contributed by atoms with Crippen molar-refractivity contribution in [3.8, 4) is 12.3 Å². The number of hydrogen-bond acceptors (Lipinski definition) is 2. The summed E-state index contributed by atoms with van der Waals surface area (Å²) in [4.78, 5) is 0. The van der Waals surface area contributed by atoms with Crippen LogP contribution < -0.4 is 5.32 Å². The highest BCUT2D eigenvalue weighted by molar-refractivity contribution is 7.99. The van der Waals surface area contributed by atoms with Gasteiger partial charge in [-0.3, -0.25) is 0 Å². The van der Waals surface area contributed by atoms with Crippen LogP contribution >= 0.6 is 23.4 Å². The largest absolute Gasteiger partial charge is 0.312 e. The van der Waals surface area contributed by atoms with Crippen LogP contribution in [0.1, 0.15) is 5.56 Å². The van der Waals surface area contributed by atoms with Crippen molar-refractivity contribution in [3.63, 3.8) is 0 Å². The zero-order valence-corrected chi connectivity index (χ0v) is 10.4. The molecule has 0 aromatic heterocycles. The molecule has 1 aromatic rings. The Morgan fingerprint density at radius 1 is 1.44 bits per heavy atom. The molecule has 0 aliphatic heterocycles. The lowest BCUT2D eigenvalue weighted by Crippen LogP contribution is -2.16. The highest BCUT2D eigenvalue weighted by atomic mass is 35.5. The average molecular weight is 258 g/mol. The fraction of sp³-hybridized carbons (Fsp3) is 0.333. The fourth-order valence-corrected chi connectivity index (χ4v) is 2.02. The van der Waals surface area contributed by atoms with E-state index < -0.39 is 0 Å². The summed E-state index contributed by atoms with van der Waals surface area (Å²) < 4.78 is 13.0. The quantitative estimate of drug-likeness (QED) is 0.621. The third kappa shape index (κ3) is 5.41. The summed E-state index contributed by atoms with van der Waals surface area (Å²) in [5.41, 5.74) is 0.854. The Morgan fingerprint density at radius 2 is 2.25 bits per heavy atom. The van der Waals surface area contributed by atoms with E-state index in [-0.39, 0.29) is 5.82 Å². The molecule has 4 heteroatoms. The Morgan fingerprint density at radius 3 is 2.94 bits per heavy atom. The van der Waals surface area contributed by atoms with Crippen molar-refractivity contribution >= 4 is 23.4 Å². The van der Waals surface area contributed by atoms with Crippen LogP contribution in [-0.2, 0) is 6.54 Å². The smallest absolute Gasteiger partial charge is 0.125 e. The first kappa shape index (κ1) is 13.4. The van der Waals surface area contributed by atoms with Crippen LogP contribution in [0.3, 0.4) is 0 Å². The number of rotatable bonds is 6. The van der Waals surface area contributed by atoms with Gasteiger partial charge < -0.3 is 5.32 Å². The van der Waals surface area contributed by atoms with Crippen LogP contribution in [0.25, 0.3) is 0 Å². The highest BCUT2D eigenvalue weighted by Gasteiger charge is 1.98. The molecule has 0 aliphatic carbocycles. The fourth-order valence-electron chi connectivity index (χ4n) is 1.22. The van der Waals surface area contributed by atoms with E-state index in [1.54, 1.807) is 17.8 Å². The number of benzene rings is 1. The van der Waals surface area contributed by atoms with Gasteiger partial charge in [0.2, 0.25) is 0 Å². The molecule has 0 saturated heterocycles. The van der Waals surface area contributed by atoms with Gasteiger partial charge in [-0.15, -0.1) is 18.2 Å². The van der Waals surface area contributed by atoms with Crippen molar-refractivity contribution in [2.75, 3.05) is 18.1 Å². The second-order valence-corrected chi connectivity index (χ2v) is 4.75. The van der Waals surface area contributed by atoms with Gasteiger partial charge in [0.05, 0.1) is 5.75 Å². The second kappa shape index (κ2) is 7.56. The minimum Gasteiger partial charge on any atom is -0.312 e. The first-order valence-corrected chi connectivity index (χ1v) is 6.42. The van der Waals surface area contributed by atoms with Gasteiger partial charge in [0.1, 0.15) is 5.82 Å². The monoisotopic (exact) mass is 257 g/mol. The lowest BCUT2D eigenvalue weighted by molar-refractivity contribution is 0.622. The van der Waals surface area contributed by atoms with Gasteiger partial charge in [-0.1, -0.05) is 17.5 Å². The molecule has 0 radical (unpaired) electrons. The third-order valence-electron chi connectivity index (χ3n) is 1.86. The molecule has 86 valence electrons. The van der Waals surface area contributed by atoms with E-state index in [0.29, 0.717) is 11.6 Å². The molecule has 0 spiro atoms. The summed E-state index contributed by atoms with van der Waals surface area (Å²) in [7, 11) is 0. The Balaban J connectivity index is 2.24. The molecule has 0 unspecified atom stereocenters. The maximum Gasteiger partial charge on any atom is 0.125 e. The van der Waals surface area contributed by atoms with E-state index in [1.807, 2.05) is 0 Å². The number of thioether (sulfide) groups is 1. The summed E-state index contributed by atoms with van der Waals surface area (Å²) in [5, 5.41) is 3.63. The summed E-state index contributed by atoms with van der Waals surface area (Å²) in [6, 6.07) is 4.54. The number of hydrogen-bond donors (Lipinski definition) is 1. The molecule has 1 N–H and O–H groups in total. The molecule has 0 bridgehead atoms. The van der Waals surface area contributed by atoms with Crippen molar-refractivity contribution in [1.82, 2.24) is 5.32 Å². The van der Waals surface area contributed by atoms with Crippen LogP contribution in [0.4, 0.5) is 4.39 Å². The van der Waals surface area contributed by atoms with E-state index in [0.717, 1.165) is 23.6 Å². The normalized spacial score (nSPS) is 10.1. The minimum absolute atomic E-state index is 0.300. The van der Waals surface area contributed by atoms with Gasteiger partial charge in [0.15, 0.2) is 0 Å². The molecule has 0 fully saturated rings. The predicted molar refractivity (Wildman–Crippen MR) is 69.3 cm³/mol. The SMILES string of the molecule is C#CCSCCNCc1cc(F)cc(Cl)c1. The van der Waals surface area contributed by atoms with Crippen molar-refractivity contribution in [3.05, 3.63) is 34.6 Å². The molecular formula is C12H13ClFNS. The lowest BCUT2D eigenvalue weighted by Gasteiger charge is -2.05.